The number of aliphatic hydroxyl groups excluding tert-OH is 1. The fourth-order valence-electron chi connectivity index (χ4n) is 1.60. The van der Waals surface area contributed by atoms with Crippen LogP contribution in [-0.4, -0.2) is 38.0 Å². The standard InChI is InChI=1S/C13H21ClN2O2.2ClH/c1-10(17)8-15-5-6-16-9-11-7-12(14)3-4-13(11)18-2;;/h3-4,7,10,15-17H,5-6,8-9H2,1-2H3;2*1H. The second-order valence-electron chi connectivity index (χ2n) is 4.19. The maximum absolute atomic E-state index is 9.07. The molecule has 0 aliphatic carbocycles. The maximum Gasteiger partial charge on any atom is 0.123 e. The van der Waals surface area contributed by atoms with Crippen LogP contribution in [0.1, 0.15) is 12.5 Å². The van der Waals surface area contributed by atoms with E-state index in [0.717, 1.165) is 24.4 Å². The van der Waals surface area contributed by atoms with Crippen molar-refractivity contribution >= 4 is 36.4 Å². The maximum atomic E-state index is 9.07. The first-order valence-electron chi connectivity index (χ1n) is 6.05. The number of ether oxygens (including phenoxy) is 1. The minimum atomic E-state index is -0.307. The summed E-state index contributed by atoms with van der Waals surface area (Å²) in [6.07, 6.45) is -0.307. The van der Waals surface area contributed by atoms with Gasteiger partial charge in [-0.25, -0.2) is 0 Å². The highest BCUT2D eigenvalue weighted by Gasteiger charge is 2.03. The van der Waals surface area contributed by atoms with Crippen molar-refractivity contribution in [3.05, 3.63) is 28.8 Å². The fourth-order valence-corrected chi connectivity index (χ4v) is 1.79. The van der Waals surface area contributed by atoms with Gasteiger partial charge in [-0.3, -0.25) is 0 Å². The van der Waals surface area contributed by atoms with Crippen molar-refractivity contribution in [2.24, 2.45) is 0 Å². The molecule has 7 heteroatoms. The first-order chi connectivity index (χ1) is 8.63. The molecule has 0 amide bonds. The minimum Gasteiger partial charge on any atom is -0.496 e. The Hall–Kier alpha value is -0.230. The van der Waals surface area contributed by atoms with E-state index >= 15 is 0 Å². The molecule has 4 nitrogen and oxygen atoms in total. The third kappa shape index (κ3) is 8.84. The second kappa shape index (κ2) is 12.5. The molecule has 0 bridgehead atoms. The molecule has 1 aromatic carbocycles. The van der Waals surface area contributed by atoms with E-state index < -0.39 is 0 Å². The van der Waals surface area contributed by atoms with Crippen LogP contribution in [0.2, 0.25) is 5.02 Å². The molecule has 3 N–H and O–H groups in total. The van der Waals surface area contributed by atoms with Crippen molar-refractivity contribution in [2.45, 2.75) is 19.6 Å². The molecular formula is C13H23Cl3N2O2. The van der Waals surface area contributed by atoms with Crippen LogP contribution in [0.4, 0.5) is 0 Å². The SMILES string of the molecule is COc1ccc(Cl)cc1CNCCNCC(C)O.Cl.Cl. The molecule has 0 saturated heterocycles. The van der Waals surface area contributed by atoms with Crippen molar-refractivity contribution in [1.29, 1.82) is 0 Å². The molecule has 0 heterocycles. The fraction of sp³-hybridized carbons (Fsp3) is 0.538. The van der Waals surface area contributed by atoms with Gasteiger partial charge >= 0.3 is 0 Å². The monoisotopic (exact) mass is 344 g/mol. The molecule has 1 aromatic rings. The molecule has 0 spiro atoms. The predicted molar refractivity (Wildman–Crippen MR) is 88.8 cm³/mol. The molecule has 1 atom stereocenters. The molecule has 0 radical (unpaired) electrons. The van der Waals surface area contributed by atoms with Crippen molar-refractivity contribution in [3.8, 4) is 5.75 Å². The number of methoxy groups -OCH3 is 1. The van der Waals surface area contributed by atoms with Gasteiger partial charge in [-0.1, -0.05) is 11.6 Å². The van der Waals surface area contributed by atoms with E-state index in [1.54, 1.807) is 14.0 Å². The summed E-state index contributed by atoms with van der Waals surface area (Å²) in [7, 11) is 1.65. The smallest absolute Gasteiger partial charge is 0.123 e. The Morgan fingerprint density at radius 1 is 1.25 bits per heavy atom. The summed E-state index contributed by atoms with van der Waals surface area (Å²) in [5.74, 6) is 0.837. The summed E-state index contributed by atoms with van der Waals surface area (Å²) < 4.78 is 5.26. The molecule has 0 aromatic heterocycles. The number of halogens is 3. The molecule has 20 heavy (non-hydrogen) atoms. The number of aliphatic hydroxyl groups is 1. The Morgan fingerprint density at radius 3 is 2.50 bits per heavy atom. The highest BCUT2D eigenvalue weighted by Crippen LogP contribution is 2.22. The first kappa shape index (κ1) is 22.1. The van der Waals surface area contributed by atoms with Gasteiger partial charge in [0.15, 0.2) is 0 Å². The molecule has 0 fully saturated rings. The Morgan fingerprint density at radius 2 is 1.90 bits per heavy atom. The number of nitrogens with one attached hydrogen (secondary N) is 2. The van der Waals surface area contributed by atoms with E-state index in [0.29, 0.717) is 18.1 Å². The van der Waals surface area contributed by atoms with Crippen LogP contribution in [0.15, 0.2) is 18.2 Å². The van der Waals surface area contributed by atoms with Gasteiger partial charge in [-0.2, -0.15) is 0 Å². The van der Waals surface area contributed by atoms with Crippen molar-refractivity contribution in [3.63, 3.8) is 0 Å². The molecule has 1 rings (SSSR count). The molecular weight excluding hydrogens is 323 g/mol. The van der Waals surface area contributed by atoms with Gasteiger partial charge in [0.1, 0.15) is 5.75 Å². The van der Waals surface area contributed by atoms with Crippen LogP contribution in [0, 0.1) is 0 Å². The van der Waals surface area contributed by atoms with Crippen LogP contribution in [0.3, 0.4) is 0 Å². The van der Waals surface area contributed by atoms with E-state index in [4.69, 9.17) is 21.4 Å². The zero-order chi connectivity index (χ0) is 13.4. The van der Waals surface area contributed by atoms with Gasteiger partial charge in [0, 0.05) is 36.8 Å². The van der Waals surface area contributed by atoms with Crippen LogP contribution in [0.5, 0.6) is 5.75 Å². The number of hydrogen-bond donors (Lipinski definition) is 3. The average Bonchev–Trinajstić information content (AvgIpc) is 2.33. The van der Waals surface area contributed by atoms with Gasteiger partial charge in [-0.15, -0.1) is 24.8 Å². The molecule has 0 saturated carbocycles. The number of rotatable bonds is 8. The minimum absolute atomic E-state index is 0. The quantitative estimate of drug-likeness (QED) is 0.633. The first-order valence-corrected chi connectivity index (χ1v) is 6.43. The van der Waals surface area contributed by atoms with Crippen LogP contribution < -0.4 is 15.4 Å². The zero-order valence-corrected chi connectivity index (χ0v) is 14.1. The lowest BCUT2D eigenvalue weighted by Crippen LogP contribution is -2.31. The van der Waals surface area contributed by atoms with E-state index in [9.17, 15) is 0 Å². The number of benzene rings is 1. The summed E-state index contributed by atoms with van der Waals surface area (Å²) in [5, 5.41) is 16.2. The van der Waals surface area contributed by atoms with Gasteiger partial charge in [0.05, 0.1) is 13.2 Å². The summed E-state index contributed by atoms with van der Waals surface area (Å²) in [6.45, 7) is 4.72. The average molecular weight is 346 g/mol. The van der Waals surface area contributed by atoms with Gasteiger partial charge < -0.3 is 20.5 Å². The third-order valence-electron chi connectivity index (χ3n) is 2.48. The van der Waals surface area contributed by atoms with Crippen molar-refractivity contribution < 1.29 is 9.84 Å². The Labute approximate surface area is 138 Å². The highest BCUT2D eigenvalue weighted by atomic mass is 35.5. The molecule has 118 valence electrons. The normalized spacial score (nSPS) is 11.2. The zero-order valence-electron chi connectivity index (χ0n) is 11.7. The Bertz CT molecular complexity index is 365. The Kier molecular flexibility index (Phi) is 13.8. The van der Waals surface area contributed by atoms with Gasteiger partial charge in [-0.05, 0) is 25.1 Å². The summed E-state index contributed by atoms with van der Waals surface area (Å²) in [4.78, 5) is 0. The molecule has 0 aliphatic heterocycles. The van der Waals surface area contributed by atoms with E-state index in [1.807, 2.05) is 18.2 Å². The van der Waals surface area contributed by atoms with Crippen molar-refractivity contribution in [1.82, 2.24) is 10.6 Å². The lowest BCUT2D eigenvalue weighted by Gasteiger charge is -2.11. The summed E-state index contributed by atoms with van der Waals surface area (Å²) in [6, 6.07) is 5.58. The van der Waals surface area contributed by atoms with Crippen LogP contribution in [-0.2, 0) is 6.54 Å². The summed E-state index contributed by atoms with van der Waals surface area (Å²) in [5.41, 5.74) is 1.04. The van der Waals surface area contributed by atoms with Crippen molar-refractivity contribution in [2.75, 3.05) is 26.7 Å². The second-order valence-corrected chi connectivity index (χ2v) is 4.62. The van der Waals surface area contributed by atoms with Gasteiger partial charge in [0.25, 0.3) is 0 Å². The highest BCUT2D eigenvalue weighted by molar-refractivity contribution is 6.30. The van der Waals surface area contributed by atoms with E-state index in [-0.39, 0.29) is 30.9 Å². The molecule has 1 unspecified atom stereocenters. The lowest BCUT2D eigenvalue weighted by atomic mass is 10.2. The van der Waals surface area contributed by atoms with Crippen LogP contribution in [0.25, 0.3) is 0 Å². The topological polar surface area (TPSA) is 53.5 Å². The predicted octanol–water partition coefficient (Wildman–Crippen LogP) is 2.25. The van der Waals surface area contributed by atoms with E-state index in [1.165, 1.54) is 0 Å². The lowest BCUT2D eigenvalue weighted by molar-refractivity contribution is 0.191. The Balaban J connectivity index is 0. The number of hydrogen-bond acceptors (Lipinski definition) is 4. The third-order valence-corrected chi connectivity index (χ3v) is 2.71. The van der Waals surface area contributed by atoms with E-state index in [2.05, 4.69) is 10.6 Å². The van der Waals surface area contributed by atoms with Crippen LogP contribution >= 0.6 is 36.4 Å². The van der Waals surface area contributed by atoms with Gasteiger partial charge in [0.2, 0.25) is 0 Å². The largest absolute Gasteiger partial charge is 0.496 e. The molecule has 0 aliphatic rings. The summed E-state index contributed by atoms with van der Waals surface area (Å²) >= 11 is 5.95.